The van der Waals surface area contributed by atoms with Crippen LogP contribution in [0.2, 0.25) is 10.0 Å². The Balaban J connectivity index is 2.25. The normalized spacial score (nSPS) is 11.7. The second-order valence-corrected chi connectivity index (χ2v) is 5.31. The molecular weight excluding hydrogens is 291 g/mol. The van der Waals surface area contributed by atoms with Gasteiger partial charge in [-0.05, 0) is 42.3 Å². The lowest BCUT2D eigenvalue weighted by Gasteiger charge is -2.19. The zero-order valence-corrected chi connectivity index (χ0v) is 12.5. The molecule has 20 heavy (non-hydrogen) atoms. The summed E-state index contributed by atoms with van der Waals surface area (Å²) in [5, 5.41) is 13.6. The first-order valence-corrected chi connectivity index (χ1v) is 7.11. The minimum absolute atomic E-state index is 0.140. The van der Waals surface area contributed by atoms with E-state index in [1.54, 1.807) is 12.1 Å². The van der Waals surface area contributed by atoms with E-state index in [4.69, 9.17) is 28.5 Å². The average Bonchev–Trinajstić information content (AvgIpc) is 2.46. The van der Waals surface area contributed by atoms with Gasteiger partial charge in [-0.1, -0.05) is 42.3 Å². The van der Waals surface area contributed by atoms with Crippen LogP contribution in [0.5, 0.6) is 0 Å². The third-order valence-electron chi connectivity index (χ3n) is 3.09. The molecule has 0 saturated heterocycles. The molecule has 0 spiro atoms. The summed E-state index contributed by atoms with van der Waals surface area (Å²) in [5.74, 6) is 0. The predicted octanol–water partition coefficient (Wildman–Crippen LogP) is 5.43. The highest BCUT2D eigenvalue weighted by atomic mass is 35.5. The molecule has 0 aliphatic heterocycles. The van der Waals surface area contributed by atoms with Gasteiger partial charge in [-0.15, -0.1) is 0 Å². The summed E-state index contributed by atoms with van der Waals surface area (Å²) >= 11 is 12.0. The Bertz CT molecular complexity index is 647. The van der Waals surface area contributed by atoms with E-state index >= 15 is 0 Å². The van der Waals surface area contributed by atoms with Gasteiger partial charge >= 0.3 is 0 Å². The van der Waals surface area contributed by atoms with Crippen molar-refractivity contribution in [3.05, 3.63) is 63.6 Å². The van der Waals surface area contributed by atoms with Crippen molar-refractivity contribution in [3.63, 3.8) is 0 Å². The number of anilines is 1. The number of hydrogen-bond acceptors (Lipinski definition) is 2. The van der Waals surface area contributed by atoms with Gasteiger partial charge < -0.3 is 5.32 Å². The van der Waals surface area contributed by atoms with Crippen molar-refractivity contribution in [2.75, 3.05) is 5.32 Å². The molecule has 0 fully saturated rings. The Morgan fingerprint density at radius 2 is 2.00 bits per heavy atom. The summed E-state index contributed by atoms with van der Waals surface area (Å²) < 4.78 is 0. The number of hydrogen-bond donors (Lipinski definition) is 1. The Morgan fingerprint density at radius 3 is 2.65 bits per heavy atom. The maximum absolute atomic E-state index is 9.01. The fourth-order valence-corrected chi connectivity index (χ4v) is 2.40. The van der Waals surface area contributed by atoms with E-state index < -0.39 is 0 Å². The van der Waals surface area contributed by atoms with Crippen LogP contribution in [-0.2, 0) is 0 Å². The zero-order valence-electron chi connectivity index (χ0n) is 11.0. The van der Waals surface area contributed by atoms with Crippen LogP contribution < -0.4 is 5.32 Å². The molecule has 2 aromatic carbocycles. The summed E-state index contributed by atoms with van der Waals surface area (Å²) in [6.45, 7) is 2.10. The van der Waals surface area contributed by atoms with Crippen LogP contribution in [0, 0.1) is 11.3 Å². The van der Waals surface area contributed by atoms with Crippen molar-refractivity contribution in [2.45, 2.75) is 19.4 Å². The second kappa shape index (κ2) is 6.65. The van der Waals surface area contributed by atoms with Crippen LogP contribution in [0.15, 0.2) is 42.5 Å². The van der Waals surface area contributed by atoms with Crippen LogP contribution in [0.4, 0.5) is 5.69 Å². The van der Waals surface area contributed by atoms with Gasteiger partial charge in [0.2, 0.25) is 0 Å². The fraction of sp³-hybridized carbons (Fsp3) is 0.188. The van der Waals surface area contributed by atoms with E-state index in [-0.39, 0.29) is 6.04 Å². The van der Waals surface area contributed by atoms with Crippen LogP contribution >= 0.6 is 23.2 Å². The van der Waals surface area contributed by atoms with E-state index in [0.717, 1.165) is 22.7 Å². The predicted molar refractivity (Wildman–Crippen MR) is 84.3 cm³/mol. The first kappa shape index (κ1) is 14.7. The van der Waals surface area contributed by atoms with E-state index in [1.165, 1.54) is 0 Å². The Kier molecular flexibility index (Phi) is 4.89. The van der Waals surface area contributed by atoms with Gasteiger partial charge in [0.05, 0.1) is 16.6 Å². The molecule has 1 N–H and O–H groups in total. The third kappa shape index (κ3) is 3.45. The minimum Gasteiger partial charge on any atom is -0.378 e. The molecule has 0 aliphatic rings. The van der Waals surface area contributed by atoms with Gasteiger partial charge in [0.25, 0.3) is 0 Å². The molecule has 2 nitrogen and oxygen atoms in total. The molecule has 2 aromatic rings. The number of nitrogens with zero attached hydrogens (tertiary/aromatic N) is 1. The molecule has 0 saturated carbocycles. The Hall–Kier alpha value is -1.69. The molecule has 4 heteroatoms. The SMILES string of the molecule is CCC(Nc1ccc(Cl)c(C#N)c1)c1cccc(Cl)c1. The number of nitrogens with one attached hydrogen (secondary N) is 1. The van der Waals surface area contributed by atoms with Crippen molar-refractivity contribution in [1.82, 2.24) is 0 Å². The van der Waals surface area contributed by atoms with Gasteiger partial charge in [0.1, 0.15) is 6.07 Å². The Labute approximate surface area is 128 Å². The monoisotopic (exact) mass is 304 g/mol. The molecule has 2 rings (SSSR count). The zero-order chi connectivity index (χ0) is 14.5. The molecule has 1 atom stereocenters. The standard InChI is InChI=1S/C16H14Cl2N2/c1-2-16(11-4-3-5-13(17)8-11)20-14-6-7-15(18)12(9-14)10-19/h3-9,16,20H,2H2,1H3. The van der Waals surface area contributed by atoms with E-state index in [1.807, 2.05) is 30.3 Å². The van der Waals surface area contributed by atoms with E-state index in [9.17, 15) is 0 Å². The highest BCUT2D eigenvalue weighted by Gasteiger charge is 2.10. The molecule has 102 valence electrons. The number of nitriles is 1. The lowest BCUT2D eigenvalue weighted by Crippen LogP contribution is -2.09. The lowest BCUT2D eigenvalue weighted by molar-refractivity contribution is 0.749. The number of benzene rings is 2. The maximum Gasteiger partial charge on any atom is 0.101 e. The van der Waals surface area contributed by atoms with Crippen molar-refractivity contribution in [3.8, 4) is 6.07 Å². The summed E-state index contributed by atoms with van der Waals surface area (Å²) in [6, 6.07) is 15.4. The molecule has 1 unspecified atom stereocenters. The summed E-state index contributed by atoms with van der Waals surface area (Å²) in [4.78, 5) is 0. The van der Waals surface area contributed by atoms with Gasteiger partial charge in [-0.25, -0.2) is 0 Å². The van der Waals surface area contributed by atoms with Gasteiger partial charge in [0.15, 0.2) is 0 Å². The van der Waals surface area contributed by atoms with Crippen LogP contribution in [-0.4, -0.2) is 0 Å². The summed E-state index contributed by atoms with van der Waals surface area (Å²) in [7, 11) is 0. The Morgan fingerprint density at radius 1 is 1.20 bits per heavy atom. The first-order chi connectivity index (χ1) is 9.63. The number of halogens is 2. The van der Waals surface area contributed by atoms with Crippen LogP contribution in [0.25, 0.3) is 0 Å². The maximum atomic E-state index is 9.01. The molecule has 0 bridgehead atoms. The van der Waals surface area contributed by atoms with E-state index in [0.29, 0.717) is 10.6 Å². The van der Waals surface area contributed by atoms with E-state index in [2.05, 4.69) is 18.3 Å². The molecule has 0 heterocycles. The quantitative estimate of drug-likeness (QED) is 0.817. The lowest BCUT2D eigenvalue weighted by atomic mass is 10.0. The third-order valence-corrected chi connectivity index (χ3v) is 3.65. The topological polar surface area (TPSA) is 35.8 Å². The average molecular weight is 305 g/mol. The molecule has 0 aliphatic carbocycles. The van der Waals surface area contributed by atoms with Crippen LogP contribution in [0.3, 0.4) is 0 Å². The molecule has 0 radical (unpaired) electrons. The number of rotatable bonds is 4. The highest BCUT2D eigenvalue weighted by molar-refractivity contribution is 6.31. The van der Waals surface area contributed by atoms with Gasteiger partial charge in [-0.3, -0.25) is 0 Å². The minimum atomic E-state index is 0.140. The van der Waals surface area contributed by atoms with Crippen molar-refractivity contribution < 1.29 is 0 Å². The highest BCUT2D eigenvalue weighted by Crippen LogP contribution is 2.27. The summed E-state index contributed by atoms with van der Waals surface area (Å²) in [5.41, 5.74) is 2.46. The first-order valence-electron chi connectivity index (χ1n) is 6.35. The van der Waals surface area contributed by atoms with Gasteiger partial charge in [-0.2, -0.15) is 5.26 Å². The molecule has 0 amide bonds. The van der Waals surface area contributed by atoms with Crippen molar-refractivity contribution >= 4 is 28.9 Å². The second-order valence-electron chi connectivity index (χ2n) is 4.47. The molecule has 0 aromatic heterocycles. The molecular formula is C16H14Cl2N2. The fourth-order valence-electron chi connectivity index (χ4n) is 2.05. The van der Waals surface area contributed by atoms with Gasteiger partial charge in [0, 0.05) is 10.7 Å². The van der Waals surface area contributed by atoms with Crippen molar-refractivity contribution in [2.24, 2.45) is 0 Å². The van der Waals surface area contributed by atoms with Crippen LogP contribution in [0.1, 0.15) is 30.5 Å². The van der Waals surface area contributed by atoms with Crippen molar-refractivity contribution in [1.29, 1.82) is 5.26 Å². The smallest absolute Gasteiger partial charge is 0.101 e. The summed E-state index contributed by atoms with van der Waals surface area (Å²) in [6.07, 6.45) is 0.908. The largest absolute Gasteiger partial charge is 0.378 e.